The van der Waals surface area contributed by atoms with E-state index in [0.717, 1.165) is 25.7 Å². The fourth-order valence-electron chi connectivity index (χ4n) is 2.23. The lowest BCUT2D eigenvalue weighted by Gasteiger charge is -2.37. The van der Waals surface area contributed by atoms with E-state index in [1.807, 2.05) is 13.0 Å². The van der Waals surface area contributed by atoms with Crippen LogP contribution in [0.3, 0.4) is 0 Å². The first kappa shape index (κ1) is 14.9. The Morgan fingerprint density at radius 2 is 2.12 bits per heavy atom. The van der Waals surface area contributed by atoms with Crippen molar-refractivity contribution in [1.29, 1.82) is 0 Å². The summed E-state index contributed by atoms with van der Waals surface area (Å²) >= 11 is 3.15. The van der Waals surface area contributed by atoms with Crippen molar-refractivity contribution in [1.82, 2.24) is 0 Å². The number of rotatable bonds is 6. The molecule has 0 saturated heterocycles. The van der Waals surface area contributed by atoms with Gasteiger partial charge in [-0.05, 0) is 31.8 Å². The molecule has 0 spiro atoms. The molecule has 0 amide bonds. The fraction of sp³-hybridized carbons (Fsp3) is 0.769. The Labute approximate surface area is 112 Å². The molecule has 1 rings (SSSR count). The van der Waals surface area contributed by atoms with Crippen molar-refractivity contribution in [2.75, 3.05) is 19.0 Å². The number of hydrogen-bond donors (Lipinski definition) is 0. The molecule has 1 fully saturated rings. The van der Waals surface area contributed by atoms with Crippen LogP contribution in [0.15, 0.2) is 12.2 Å². The summed E-state index contributed by atoms with van der Waals surface area (Å²) in [5, 5.41) is 0.400. The summed E-state index contributed by atoms with van der Waals surface area (Å²) in [5.74, 6) is 0.207. The smallest absolute Gasteiger partial charge is 0.167 e. The first-order chi connectivity index (χ1) is 8.15. The predicted molar refractivity (Wildman–Crippen MR) is 71.3 cm³/mol. The maximum atomic E-state index is 11.2. The Hall–Kier alpha value is -0.190. The minimum atomic E-state index is -0.390. The van der Waals surface area contributed by atoms with E-state index in [9.17, 15) is 4.79 Å². The number of allylic oxidation sites excluding steroid dienone is 2. The van der Waals surface area contributed by atoms with Crippen molar-refractivity contribution < 1.29 is 14.3 Å². The molecule has 0 radical (unpaired) electrons. The molecule has 4 heteroatoms. The molecular formula is C13H21BrO3. The van der Waals surface area contributed by atoms with Gasteiger partial charge in [0.05, 0.1) is 5.33 Å². The number of carbonyl (C=O) groups excluding carboxylic acids is 1. The number of methoxy groups -OCH3 is 1. The van der Waals surface area contributed by atoms with Gasteiger partial charge in [-0.1, -0.05) is 22.0 Å². The highest BCUT2D eigenvalue weighted by Gasteiger charge is 2.35. The molecule has 1 aliphatic rings. The van der Waals surface area contributed by atoms with Crippen molar-refractivity contribution in [3.8, 4) is 0 Å². The van der Waals surface area contributed by atoms with E-state index < -0.39 is 5.79 Å². The lowest BCUT2D eigenvalue weighted by Crippen LogP contribution is -2.38. The van der Waals surface area contributed by atoms with Crippen LogP contribution in [0, 0.1) is 5.92 Å². The van der Waals surface area contributed by atoms with Gasteiger partial charge in [-0.3, -0.25) is 4.79 Å². The van der Waals surface area contributed by atoms with E-state index in [1.54, 1.807) is 13.2 Å². The minimum absolute atomic E-state index is 0.124. The highest BCUT2D eigenvalue weighted by Crippen LogP contribution is 2.35. The number of carbonyl (C=O) groups is 1. The normalized spacial score (nSPS) is 29.7. The summed E-state index contributed by atoms with van der Waals surface area (Å²) in [6.07, 6.45) is 7.53. The molecular weight excluding hydrogens is 284 g/mol. The van der Waals surface area contributed by atoms with Gasteiger partial charge in [-0.15, -0.1) is 0 Å². The van der Waals surface area contributed by atoms with Gasteiger partial charge in [0.15, 0.2) is 11.6 Å². The van der Waals surface area contributed by atoms with Crippen LogP contribution in [0.25, 0.3) is 0 Å². The van der Waals surface area contributed by atoms with Gasteiger partial charge in [0.2, 0.25) is 0 Å². The number of ether oxygens (including phenoxy) is 2. The summed E-state index contributed by atoms with van der Waals surface area (Å²) in [6.45, 7) is 2.66. The highest BCUT2D eigenvalue weighted by molar-refractivity contribution is 9.09. The van der Waals surface area contributed by atoms with E-state index in [4.69, 9.17) is 9.47 Å². The Kier molecular flexibility index (Phi) is 6.38. The molecule has 98 valence electrons. The molecule has 0 bridgehead atoms. The van der Waals surface area contributed by atoms with E-state index in [2.05, 4.69) is 15.9 Å². The van der Waals surface area contributed by atoms with Crippen LogP contribution in [-0.4, -0.2) is 30.6 Å². The topological polar surface area (TPSA) is 35.5 Å². The molecule has 0 N–H and O–H groups in total. The second-order valence-corrected chi connectivity index (χ2v) is 4.91. The molecule has 0 aromatic heterocycles. The zero-order valence-corrected chi connectivity index (χ0v) is 12.2. The average Bonchev–Trinajstić information content (AvgIpc) is 2.38. The Bertz CT molecular complexity index is 268. The second-order valence-electron chi connectivity index (χ2n) is 4.34. The average molecular weight is 305 g/mol. The predicted octanol–water partition coefficient (Wildman–Crippen LogP) is 3.08. The maximum absolute atomic E-state index is 11.2. The number of ketones is 1. The van der Waals surface area contributed by atoms with Crippen molar-refractivity contribution in [3.05, 3.63) is 12.2 Å². The molecule has 0 heterocycles. The van der Waals surface area contributed by atoms with E-state index in [-0.39, 0.29) is 5.78 Å². The zero-order chi connectivity index (χ0) is 12.7. The van der Waals surface area contributed by atoms with Crippen molar-refractivity contribution >= 4 is 21.7 Å². The van der Waals surface area contributed by atoms with Gasteiger partial charge in [0.25, 0.3) is 0 Å². The summed E-state index contributed by atoms with van der Waals surface area (Å²) in [4.78, 5) is 11.2. The molecule has 1 saturated carbocycles. The van der Waals surface area contributed by atoms with Crippen LogP contribution in [0.1, 0.15) is 32.6 Å². The van der Waals surface area contributed by atoms with Gasteiger partial charge in [-0.2, -0.15) is 0 Å². The summed E-state index contributed by atoms with van der Waals surface area (Å²) in [7, 11) is 1.71. The number of alkyl halides is 1. The zero-order valence-electron chi connectivity index (χ0n) is 10.6. The molecule has 3 nitrogen and oxygen atoms in total. The minimum Gasteiger partial charge on any atom is -0.353 e. The van der Waals surface area contributed by atoms with Crippen molar-refractivity contribution in [2.24, 2.45) is 5.92 Å². The first-order valence-electron chi connectivity index (χ1n) is 6.12. The van der Waals surface area contributed by atoms with E-state index >= 15 is 0 Å². The monoisotopic (exact) mass is 304 g/mol. The molecule has 0 aromatic rings. The Morgan fingerprint density at radius 1 is 1.47 bits per heavy atom. The Morgan fingerprint density at radius 3 is 2.59 bits per heavy atom. The summed E-state index contributed by atoms with van der Waals surface area (Å²) in [6, 6.07) is 0. The molecule has 1 aliphatic carbocycles. The fourth-order valence-corrected chi connectivity index (χ4v) is 2.42. The molecule has 0 aliphatic heterocycles. The highest BCUT2D eigenvalue weighted by atomic mass is 79.9. The third kappa shape index (κ3) is 4.53. The maximum Gasteiger partial charge on any atom is 0.167 e. The molecule has 0 atom stereocenters. The number of hydrogen-bond acceptors (Lipinski definition) is 3. The van der Waals surface area contributed by atoms with Gasteiger partial charge >= 0.3 is 0 Å². The SMILES string of the molecule is CCOC1(OC)CCC(/C=C/C(=O)CBr)CC1. The second kappa shape index (κ2) is 7.29. The van der Waals surface area contributed by atoms with Crippen molar-refractivity contribution in [2.45, 2.75) is 38.4 Å². The molecule has 17 heavy (non-hydrogen) atoms. The van der Waals surface area contributed by atoms with E-state index in [0.29, 0.717) is 17.9 Å². The van der Waals surface area contributed by atoms with Gasteiger partial charge < -0.3 is 9.47 Å². The lowest BCUT2D eigenvalue weighted by atomic mass is 9.84. The lowest BCUT2D eigenvalue weighted by molar-refractivity contribution is -0.238. The number of halogens is 1. The molecule has 0 unspecified atom stereocenters. The first-order valence-corrected chi connectivity index (χ1v) is 7.24. The van der Waals surface area contributed by atoms with Gasteiger partial charge in [0.1, 0.15) is 0 Å². The van der Waals surface area contributed by atoms with Crippen LogP contribution < -0.4 is 0 Å². The summed E-state index contributed by atoms with van der Waals surface area (Å²) in [5.41, 5.74) is 0. The van der Waals surface area contributed by atoms with Crippen LogP contribution in [-0.2, 0) is 14.3 Å². The van der Waals surface area contributed by atoms with Gasteiger partial charge in [-0.25, -0.2) is 0 Å². The third-order valence-electron chi connectivity index (χ3n) is 3.26. The van der Waals surface area contributed by atoms with Crippen LogP contribution in [0.4, 0.5) is 0 Å². The van der Waals surface area contributed by atoms with Gasteiger partial charge in [0, 0.05) is 26.6 Å². The van der Waals surface area contributed by atoms with Crippen LogP contribution in [0.2, 0.25) is 0 Å². The van der Waals surface area contributed by atoms with Crippen molar-refractivity contribution in [3.63, 3.8) is 0 Å². The third-order valence-corrected chi connectivity index (χ3v) is 3.81. The standard InChI is InChI=1S/C13H21BrO3/c1-3-17-13(16-2)8-6-11(7-9-13)4-5-12(15)10-14/h4-5,11H,3,6-10H2,1-2H3/b5-4+. The van der Waals surface area contributed by atoms with Crippen LogP contribution in [0.5, 0.6) is 0 Å². The largest absolute Gasteiger partial charge is 0.353 e. The molecule has 0 aromatic carbocycles. The van der Waals surface area contributed by atoms with Crippen LogP contribution >= 0.6 is 15.9 Å². The Balaban J connectivity index is 2.44. The quantitative estimate of drug-likeness (QED) is 0.430. The van der Waals surface area contributed by atoms with E-state index in [1.165, 1.54) is 0 Å². The summed E-state index contributed by atoms with van der Waals surface area (Å²) < 4.78 is 11.2.